The molecule has 2 rings (SSSR count). The van der Waals surface area contributed by atoms with Gasteiger partial charge in [0.15, 0.2) is 0 Å². The largest absolute Gasteiger partial charge is 0.496 e. The summed E-state index contributed by atoms with van der Waals surface area (Å²) in [5.74, 6) is 0.313. The molecule has 0 bridgehead atoms. The van der Waals surface area contributed by atoms with E-state index in [2.05, 4.69) is 31.9 Å². The highest BCUT2D eigenvalue weighted by molar-refractivity contribution is 9.10. The average molecular weight is 420 g/mol. The molecule has 6 nitrogen and oxygen atoms in total. The second-order valence-corrected chi connectivity index (χ2v) is 6.55. The number of ether oxygens (including phenoxy) is 1. The van der Waals surface area contributed by atoms with Gasteiger partial charge in [0, 0.05) is 13.1 Å². The Labute approximate surface area is 161 Å². The Kier molecular flexibility index (Phi) is 7.17. The van der Waals surface area contributed by atoms with Crippen molar-refractivity contribution < 1.29 is 14.3 Å². The molecule has 0 aliphatic rings. The third-order valence-corrected chi connectivity index (χ3v) is 4.57. The second kappa shape index (κ2) is 9.35. The number of amides is 3. The first-order valence-corrected chi connectivity index (χ1v) is 8.92. The van der Waals surface area contributed by atoms with E-state index in [9.17, 15) is 9.59 Å². The van der Waals surface area contributed by atoms with Crippen molar-refractivity contribution in [3.63, 3.8) is 0 Å². The minimum atomic E-state index is -0.677. The van der Waals surface area contributed by atoms with Gasteiger partial charge in [0.2, 0.25) is 5.91 Å². The van der Waals surface area contributed by atoms with Crippen LogP contribution in [0, 0.1) is 0 Å². The summed E-state index contributed by atoms with van der Waals surface area (Å²) in [7, 11) is 3.07. The van der Waals surface area contributed by atoms with E-state index in [4.69, 9.17) is 4.74 Å². The lowest BCUT2D eigenvalue weighted by atomic mass is 10.0. The van der Waals surface area contributed by atoms with Crippen molar-refractivity contribution in [2.24, 2.45) is 0 Å². The molecule has 3 amide bonds. The molecule has 2 aromatic rings. The summed E-state index contributed by atoms with van der Waals surface area (Å²) in [6.07, 6.45) is 0. The fraction of sp³-hybridized carbons (Fsp3) is 0.263. The maximum absolute atomic E-state index is 12.6. The van der Waals surface area contributed by atoms with E-state index in [0.717, 1.165) is 21.3 Å². The first-order valence-electron chi connectivity index (χ1n) is 8.13. The number of imide groups is 1. The highest BCUT2D eigenvalue weighted by atomic mass is 79.9. The van der Waals surface area contributed by atoms with Gasteiger partial charge in [0.05, 0.1) is 11.6 Å². The SMILES string of the molecule is CNC(=O)NC(=O)[C@@H](N[C@H](C)c1ccc(OC)c(Br)c1)c1ccccc1. The molecule has 0 aromatic heterocycles. The van der Waals surface area contributed by atoms with E-state index in [-0.39, 0.29) is 6.04 Å². The molecule has 0 fully saturated rings. The zero-order valence-electron chi connectivity index (χ0n) is 14.9. The van der Waals surface area contributed by atoms with E-state index in [1.807, 2.05) is 55.5 Å². The minimum absolute atomic E-state index is 0.141. The first-order chi connectivity index (χ1) is 12.5. The van der Waals surface area contributed by atoms with Gasteiger partial charge in [0.1, 0.15) is 11.8 Å². The van der Waals surface area contributed by atoms with E-state index in [1.54, 1.807) is 7.11 Å². The van der Waals surface area contributed by atoms with Gasteiger partial charge in [-0.05, 0) is 46.1 Å². The molecule has 0 aliphatic heterocycles. The molecule has 0 radical (unpaired) electrons. The summed E-state index contributed by atoms with van der Waals surface area (Å²) in [5, 5.41) is 8.01. The Balaban J connectivity index is 2.24. The highest BCUT2D eigenvalue weighted by Gasteiger charge is 2.24. The molecule has 0 saturated heterocycles. The van der Waals surface area contributed by atoms with Crippen LogP contribution in [0.4, 0.5) is 4.79 Å². The molecule has 0 spiro atoms. The molecular weight excluding hydrogens is 398 g/mol. The zero-order valence-corrected chi connectivity index (χ0v) is 16.5. The second-order valence-electron chi connectivity index (χ2n) is 5.69. The molecule has 0 aliphatic carbocycles. The normalized spacial score (nSPS) is 12.8. The van der Waals surface area contributed by atoms with Crippen molar-refractivity contribution in [1.29, 1.82) is 0 Å². The average Bonchev–Trinajstić information content (AvgIpc) is 2.66. The lowest BCUT2D eigenvalue weighted by Gasteiger charge is -2.23. The van der Waals surface area contributed by atoms with Crippen molar-refractivity contribution in [3.8, 4) is 5.75 Å². The fourth-order valence-electron chi connectivity index (χ4n) is 2.51. The van der Waals surface area contributed by atoms with Crippen LogP contribution in [0.5, 0.6) is 5.75 Å². The standard InChI is InChI=1S/C19H22BrN3O3/c1-12(14-9-10-16(26-3)15(20)11-14)22-17(13-7-5-4-6-8-13)18(24)23-19(25)21-2/h4-12,17,22H,1-3H3,(H2,21,23,24,25)/t12-,17+/m1/s1. The van der Waals surface area contributed by atoms with Crippen molar-refractivity contribution in [2.75, 3.05) is 14.2 Å². The van der Waals surface area contributed by atoms with Crippen LogP contribution in [0.1, 0.15) is 30.1 Å². The number of nitrogens with one attached hydrogen (secondary N) is 3. The van der Waals surface area contributed by atoms with E-state index < -0.39 is 18.0 Å². The van der Waals surface area contributed by atoms with Crippen LogP contribution in [0.2, 0.25) is 0 Å². The number of carbonyl (C=O) groups is 2. The van der Waals surface area contributed by atoms with Gasteiger partial charge in [-0.25, -0.2) is 4.79 Å². The summed E-state index contributed by atoms with van der Waals surface area (Å²) < 4.78 is 6.08. The van der Waals surface area contributed by atoms with Crippen LogP contribution in [0.15, 0.2) is 53.0 Å². The predicted octanol–water partition coefficient (Wildman–Crippen LogP) is 3.31. The van der Waals surface area contributed by atoms with Gasteiger partial charge in [-0.3, -0.25) is 15.4 Å². The van der Waals surface area contributed by atoms with E-state index >= 15 is 0 Å². The fourth-order valence-corrected chi connectivity index (χ4v) is 3.07. The van der Waals surface area contributed by atoms with Crippen molar-refractivity contribution >= 4 is 27.9 Å². The van der Waals surface area contributed by atoms with Crippen LogP contribution in [-0.4, -0.2) is 26.1 Å². The molecule has 0 saturated carbocycles. The molecule has 0 unspecified atom stereocenters. The Hall–Kier alpha value is -2.38. The van der Waals surface area contributed by atoms with E-state index in [0.29, 0.717) is 0 Å². The third kappa shape index (κ3) is 5.06. The maximum atomic E-state index is 12.6. The lowest BCUT2D eigenvalue weighted by Crippen LogP contribution is -2.44. The van der Waals surface area contributed by atoms with Crippen LogP contribution in [0.3, 0.4) is 0 Å². The number of urea groups is 1. The van der Waals surface area contributed by atoms with Crippen molar-refractivity contribution in [2.45, 2.75) is 19.0 Å². The van der Waals surface area contributed by atoms with Crippen LogP contribution >= 0.6 is 15.9 Å². The zero-order chi connectivity index (χ0) is 19.1. The van der Waals surface area contributed by atoms with Crippen LogP contribution < -0.4 is 20.7 Å². The topological polar surface area (TPSA) is 79.5 Å². The molecule has 26 heavy (non-hydrogen) atoms. The van der Waals surface area contributed by atoms with Gasteiger partial charge in [-0.15, -0.1) is 0 Å². The molecule has 7 heteroatoms. The van der Waals surface area contributed by atoms with Crippen molar-refractivity contribution in [1.82, 2.24) is 16.0 Å². The Morgan fingerprint density at radius 3 is 2.35 bits per heavy atom. The molecule has 0 heterocycles. The number of carbonyl (C=O) groups excluding carboxylic acids is 2. The quantitative estimate of drug-likeness (QED) is 0.670. The van der Waals surface area contributed by atoms with Gasteiger partial charge in [0.25, 0.3) is 0 Å². The summed E-state index contributed by atoms with van der Waals surface area (Å²) in [5.41, 5.74) is 1.75. The summed E-state index contributed by atoms with van der Waals surface area (Å²) in [4.78, 5) is 24.1. The highest BCUT2D eigenvalue weighted by Crippen LogP contribution is 2.29. The van der Waals surface area contributed by atoms with Gasteiger partial charge < -0.3 is 10.1 Å². The lowest BCUT2D eigenvalue weighted by molar-refractivity contribution is -0.122. The number of benzene rings is 2. The van der Waals surface area contributed by atoms with Gasteiger partial charge >= 0.3 is 6.03 Å². The van der Waals surface area contributed by atoms with Crippen LogP contribution in [0.25, 0.3) is 0 Å². The summed E-state index contributed by atoms with van der Waals surface area (Å²) in [6, 6.07) is 13.6. The number of rotatable bonds is 6. The molecule has 2 atom stereocenters. The number of methoxy groups -OCH3 is 1. The molecule has 138 valence electrons. The molecule has 2 aromatic carbocycles. The monoisotopic (exact) mass is 419 g/mol. The number of hydrogen-bond donors (Lipinski definition) is 3. The van der Waals surface area contributed by atoms with E-state index in [1.165, 1.54) is 7.05 Å². The van der Waals surface area contributed by atoms with Crippen molar-refractivity contribution in [3.05, 3.63) is 64.1 Å². The third-order valence-electron chi connectivity index (χ3n) is 3.95. The Morgan fingerprint density at radius 1 is 1.08 bits per heavy atom. The predicted molar refractivity (Wildman–Crippen MR) is 104 cm³/mol. The van der Waals surface area contributed by atoms with Gasteiger partial charge in [-0.1, -0.05) is 36.4 Å². The first kappa shape index (κ1) is 19.9. The summed E-state index contributed by atoms with van der Waals surface area (Å²) in [6.45, 7) is 1.96. The smallest absolute Gasteiger partial charge is 0.321 e. The maximum Gasteiger partial charge on any atom is 0.321 e. The minimum Gasteiger partial charge on any atom is -0.496 e. The van der Waals surface area contributed by atoms with Gasteiger partial charge in [-0.2, -0.15) is 0 Å². The Morgan fingerprint density at radius 2 is 1.77 bits per heavy atom. The number of hydrogen-bond acceptors (Lipinski definition) is 4. The Bertz CT molecular complexity index is 768. The summed E-state index contributed by atoms with van der Waals surface area (Å²) >= 11 is 3.47. The molecular formula is C19H22BrN3O3. The van der Waals surface area contributed by atoms with Crippen LogP contribution in [-0.2, 0) is 4.79 Å². The molecule has 3 N–H and O–H groups in total. The number of halogens is 1.